The number of halogens is 1. The third-order valence-electron chi connectivity index (χ3n) is 3.06. The van der Waals surface area contributed by atoms with Crippen molar-refractivity contribution in [2.24, 2.45) is 0 Å². The number of nitrogens with one attached hydrogen (secondary N) is 1. The van der Waals surface area contributed by atoms with E-state index in [2.05, 4.69) is 43.3 Å². The molecule has 5 nitrogen and oxygen atoms in total. The Kier molecular flexibility index (Phi) is 3.97. The molecular formula is C12H15BrN4OS. The van der Waals surface area contributed by atoms with Crippen LogP contribution >= 0.6 is 27.3 Å². The van der Waals surface area contributed by atoms with Crippen LogP contribution in [0.2, 0.25) is 0 Å². The van der Waals surface area contributed by atoms with E-state index in [1.165, 1.54) is 0 Å². The molecule has 3 rings (SSSR count). The van der Waals surface area contributed by atoms with E-state index in [4.69, 9.17) is 4.42 Å². The highest BCUT2D eigenvalue weighted by atomic mass is 79.9. The summed E-state index contributed by atoms with van der Waals surface area (Å²) in [6.45, 7) is 5.97. The van der Waals surface area contributed by atoms with Crippen molar-refractivity contribution in [2.45, 2.75) is 19.5 Å². The lowest BCUT2D eigenvalue weighted by atomic mass is 10.2. The molecule has 0 bridgehead atoms. The molecule has 2 aromatic heterocycles. The zero-order chi connectivity index (χ0) is 13.2. The molecule has 0 unspecified atom stereocenters. The first kappa shape index (κ1) is 13.2. The quantitative estimate of drug-likeness (QED) is 0.927. The third-order valence-corrected chi connectivity index (χ3v) is 4.67. The molecule has 102 valence electrons. The minimum Gasteiger partial charge on any atom is -0.419 e. The number of hydrogen-bond acceptors (Lipinski definition) is 6. The molecule has 19 heavy (non-hydrogen) atoms. The smallest absolute Gasteiger partial charge is 0.257 e. The summed E-state index contributed by atoms with van der Waals surface area (Å²) in [7, 11) is 0. The lowest BCUT2D eigenvalue weighted by Gasteiger charge is -2.30. The zero-order valence-electron chi connectivity index (χ0n) is 10.6. The molecule has 3 heterocycles. The van der Waals surface area contributed by atoms with Gasteiger partial charge in [0.1, 0.15) is 0 Å². The van der Waals surface area contributed by atoms with Gasteiger partial charge in [-0.05, 0) is 35.0 Å². The van der Waals surface area contributed by atoms with E-state index < -0.39 is 0 Å². The number of nitrogens with zero attached hydrogens (tertiary/aromatic N) is 3. The lowest BCUT2D eigenvalue weighted by molar-refractivity contribution is 0.184. The number of rotatable bonds is 3. The summed E-state index contributed by atoms with van der Waals surface area (Å²) >= 11 is 5.03. The summed E-state index contributed by atoms with van der Waals surface area (Å²) in [6, 6.07) is 4.49. The fourth-order valence-corrected chi connectivity index (χ4v) is 3.50. The van der Waals surface area contributed by atoms with Gasteiger partial charge in [-0.1, -0.05) is 0 Å². The van der Waals surface area contributed by atoms with Gasteiger partial charge in [-0.2, -0.15) is 0 Å². The van der Waals surface area contributed by atoms with Crippen molar-refractivity contribution >= 4 is 27.3 Å². The van der Waals surface area contributed by atoms with Crippen molar-refractivity contribution in [1.82, 2.24) is 20.4 Å². The summed E-state index contributed by atoms with van der Waals surface area (Å²) in [5.74, 6) is 1.29. The molecular weight excluding hydrogens is 328 g/mol. The van der Waals surface area contributed by atoms with E-state index in [1.807, 2.05) is 12.1 Å². The molecule has 1 fully saturated rings. The molecule has 7 heteroatoms. The lowest BCUT2D eigenvalue weighted by Crippen LogP contribution is -2.48. The Balaban J connectivity index is 1.68. The van der Waals surface area contributed by atoms with Gasteiger partial charge in [-0.15, -0.1) is 21.5 Å². The van der Waals surface area contributed by atoms with Crippen molar-refractivity contribution < 1.29 is 4.42 Å². The molecule has 0 radical (unpaired) electrons. The Morgan fingerprint density at radius 2 is 2.42 bits per heavy atom. The standard InChI is InChI=1S/C12H15BrN4OS/c1-8-6-17(5-4-14-8)7-11-15-16-12(18-11)9-2-3-10(13)19-9/h2-3,8,14H,4-7H2,1H3/t8-/m0/s1. The van der Waals surface area contributed by atoms with Crippen LogP contribution in [0.25, 0.3) is 10.8 Å². The monoisotopic (exact) mass is 342 g/mol. The first-order valence-electron chi connectivity index (χ1n) is 6.24. The summed E-state index contributed by atoms with van der Waals surface area (Å²) in [5, 5.41) is 11.7. The van der Waals surface area contributed by atoms with Gasteiger partial charge in [0.05, 0.1) is 15.2 Å². The zero-order valence-corrected chi connectivity index (χ0v) is 13.0. The first-order chi connectivity index (χ1) is 9.20. The van der Waals surface area contributed by atoms with Crippen LogP contribution in [0.3, 0.4) is 0 Å². The van der Waals surface area contributed by atoms with Crippen LogP contribution < -0.4 is 5.32 Å². The van der Waals surface area contributed by atoms with Crippen LogP contribution in [-0.4, -0.2) is 40.8 Å². The van der Waals surface area contributed by atoms with E-state index in [9.17, 15) is 0 Å². The molecule has 1 N–H and O–H groups in total. The van der Waals surface area contributed by atoms with Crippen LogP contribution in [-0.2, 0) is 6.54 Å². The van der Waals surface area contributed by atoms with Crippen molar-refractivity contribution in [3.63, 3.8) is 0 Å². The second-order valence-corrected chi connectivity index (χ2v) is 7.16. The Morgan fingerprint density at radius 3 is 3.16 bits per heavy atom. The normalized spacial score (nSPS) is 20.8. The Bertz CT molecular complexity index is 555. The highest BCUT2D eigenvalue weighted by molar-refractivity contribution is 9.11. The average molecular weight is 343 g/mol. The van der Waals surface area contributed by atoms with Gasteiger partial charge in [0.2, 0.25) is 5.89 Å². The van der Waals surface area contributed by atoms with Crippen molar-refractivity contribution in [3.05, 3.63) is 21.8 Å². The number of thiophene rings is 1. The minimum absolute atomic E-state index is 0.518. The molecule has 0 saturated carbocycles. The number of aromatic nitrogens is 2. The maximum Gasteiger partial charge on any atom is 0.257 e. The van der Waals surface area contributed by atoms with Crippen LogP contribution in [0.15, 0.2) is 20.3 Å². The Morgan fingerprint density at radius 1 is 1.53 bits per heavy atom. The fraction of sp³-hybridized carbons (Fsp3) is 0.500. The highest BCUT2D eigenvalue weighted by Crippen LogP contribution is 2.30. The maximum absolute atomic E-state index is 5.73. The second kappa shape index (κ2) is 5.70. The summed E-state index contributed by atoms with van der Waals surface area (Å²) in [6.07, 6.45) is 0. The molecule has 0 aliphatic carbocycles. The van der Waals surface area contributed by atoms with Gasteiger partial charge in [-0.3, -0.25) is 4.90 Å². The maximum atomic E-state index is 5.73. The van der Waals surface area contributed by atoms with Gasteiger partial charge in [0.15, 0.2) is 0 Å². The van der Waals surface area contributed by atoms with Gasteiger partial charge in [0, 0.05) is 25.7 Å². The van der Waals surface area contributed by atoms with Gasteiger partial charge < -0.3 is 9.73 Å². The van der Waals surface area contributed by atoms with Gasteiger partial charge in [0.25, 0.3) is 5.89 Å². The largest absolute Gasteiger partial charge is 0.419 e. The van der Waals surface area contributed by atoms with Crippen molar-refractivity contribution in [3.8, 4) is 10.8 Å². The van der Waals surface area contributed by atoms with E-state index in [1.54, 1.807) is 11.3 Å². The predicted molar refractivity (Wildman–Crippen MR) is 78.1 cm³/mol. The number of hydrogen-bond donors (Lipinski definition) is 1. The molecule has 0 aromatic carbocycles. The second-order valence-electron chi connectivity index (χ2n) is 4.69. The van der Waals surface area contributed by atoms with E-state index in [0.717, 1.165) is 34.8 Å². The first-order valence-corrected chi connectivity index (χ1v) is 7.85. The predicted octanol–water partition coefficient (Wildman–Crippen LogP) is 2.35. The van der Waals surface area contributed by atoms with Crippen molar-refractivity contribution in [1.29, 1.82) is 0 Å². The fourth-order valence-electron chi connectivity index (χ4n) is 2.19. The SMILES string of the molecule is C[C@H]1CN(Cc2nnc(-c3ccc(Br)s3)o2)CCN1. The van der Waals surface area contributed by atoms with Crippen molar-refractivity contribution in [2.75, 3.05) is 19.6 Å². The molecule has 1 atom stereocenters. The molecule has 0 spiro atoms. The molecule has 2 aromatic rings. The molecule has 0 amide bonds. The Hall–Kier alpha value is -0.760. The van der Waals surface area contributed by atoms with E-state index >= 15 is 0 Å². The molecule has 1 saturated heterocycles. The topological polar surface area (TPSA) is 54.2 Å². The van der Waals surface area contributed by atoms with E-state index in [-0.39, 0.29) is 0 Å². The van der Waals surface area contributed by atoms with E-state index in [0.29, 0.717) is 17.8 Å². The average Bonchev–Trinajstić information content (AvgIpc) is 2.98. The van der Waals surface area contributed by atoms with Gasteiger partial charge in [-0.25, -0.2) is 0 Å². The van der Waals surface area contributed by atoms with Crippen LogP contribution in [0.1, 0.15) is 12.8 Å². The summed E-state index contributed by atoms with van der Waals surface area (Å²) in [4.78, 5) is 3.34. The molecule has 1 aliphatic rings. The Labute approximate surface area is 124 Å². The number of piperazine rings is 1. The van der Waals surface area contributed by atoms with Crippen LogP contribution in [0.5, 0.6) is 0 Å². The highest BCUT2D eigenvalue weighted by Gasteiger charge is 2.18. The minimum atomic E-state index is 0.518. The third kappa shape index (κ3) is 3.22. The van der Waals surface area contributed by atoms with Crippen LogP contribution in [0.4, 0.5) is 0 Å². The molecule has 1 aliphatic heterocycles. The summed E-state index contributed by atoms with van der Waals surface area (Å²) in [5.41, 5.74) is 0. The summed E-state index contributed by atoms with van der Waals surface area (Å²) < 4.78 is 6.79. The van der Waals surface area contributed by atoms with Gasteiger partial charge >= 0.3 is 0 Å². The van der Waals surface area contributed by atoms with Crippen LogP contribution in [0, 0.1) is 0 Å².